The summed E-state index contributed by atoms with van der Waals surface area (Å²) >= 11 is 0. The van der Waals surface area contributed by atoms with Crippen molar-refractivity contribution in [3.05, 3.63) is 6.92 Å². The molecule has 0 saturated carbocycles. The van der Waals surface area contributed by atoms with Crippen LogP contribution in [0.1, 0.15) is 20.3 Å². The van der Waals surface area contributed by atoms with Crippen LogP contribution in [-0.4, -0.2) is 73.0 Å². The first-order chi connectivity index (χ1) is 7.80. The van der Waals surface area contributed by atoms with Crippen molar-refractivity contribution in [2.45, 2.75) is 25.8 Å². The van der Waals surface area contributed by atoms with E-state index < -0.39 is 0 Å². The molecule has 0 unspecified atom stereocenters. The zero-order chi connectivity index (χ0) is 13.1. The van der Waals surface area contributed by atoms with Gasteiger partial charge >= 0.3 is 0 Å². The Hall–Kier alpha value is -0.610. The van der Waals surface area contributed by atoms with Gasteiger partial charge in [0.25, 0.3) is 0 Å². The predicted octanol–water partition coefficient (Wildman–Crippen LogP) is 0.572. The molecule has 0 aromatic heterocycles. The van der Waals surface area contributed by atoms with E-state index in [9.17, 15) is 4.79 Å². The lowest BCUT2D eigenvalue weighted by Gasteiger charge is -2.34. The Morgan fingerprint density at radius 1 is 1.29 bits per heavy atom. The van der Waals surface area contributed by atoms with Gasteiger partial charge in [-0.25, -0.2) is 0 Å². The Labute approximate surface area is 106 Å². The molecule has 0 N–H and O–H groups in total. The number of carbonyl (C=O) groups is 1. The normalized spacial score (nSPS) is 18.8. The second-order valence-electron chi connectivity index (χ2n) is 5.51. The molecule has 0 atom stereocenters. The highest BCUT2D eigenvalue weighted by atomic mass is 16.2. The smallest absolute Gasteiger partial charge is 0.223 e. The molecular weight excluding hydrogens is 214 g/mol. The summed E-state index contributed by atoms with van der Waals surface area (Å²) in [5.41, 5.74) is -0.359. The molecule has 0 aliphatic carbocycles. The fourth-order valence-corrected chi connectivity index (χ4v) is 1.77. The molecule has 1 amide bonds. The Morgan fingerprint density at radius 3 is 2.29 bits per heavy atom. The van der Waals surface area contributed by atoms with Crippen molar-refractivity contribution in [2.75, 3.05) is 46.8 Å². The molecule has 1 fully saturated rings. The van der Waals surface area contributed by atoms with Crippen LogP contribution in [0.4, 0.5) is 0 Å². The predicted molar refractivity (Wildman–Crippen MR) is 69.7 cm³/mol. The standard InChI is InChI=1S/C13H25N3O/c1-13(2,3)15(5)7-6-12(17)16-10-8-14(4)9-11-16/h1H,6-11H2,2-5H3. The van der Waals surface area contributed by atoms with E-state index in [0.29, 0.717) is 13.0 Å². The summed E-state index contributed by atoms with van der Waals surface area (Å²) in [6.45, 7) is 14.2. The summed E-state index contributed by atoms with van der Waals surface area (Å²) in [6.07, 6.45) is 0.556. The minimum absolute atomic E-state index is 0.245. The zero-order valence-corrected chi connectivity index (χ0v) is 11.6. The highest BCUT2D eigenvalue weighted by Crippen LogP contribution is 2.11. The SMILES string of the molecule is [CH]C(C)(C)N(C)CCC(=O)N1CCN(C)CC1. The zero-order valence-electron chi connectivity index (χ0n) is 11.6. The summed E-state index contributed by atoms with van der Waals surface area (Å²) in [7, 11) is 4.05. The molecule has 4 heteroatoms. The van der Waals surface area contributed by atoms with Gasteiger partial charge in [-0.05, 0) is 34.9 Å². The number of nitrogens with zero attached hydrogens (tertiary/aromatic N) is 3. The van der Waals surface area contributed by atoms with E-state index in [0.717, 1.165) is 26.2 Å². The third-order valence-corrected chi connectivity index (χ3v) is 3.50. The average Bonchev–Trinajstić information content (AvgIpc) is 2.25. The molecule has 0 aromatic rings. The van der Waals surface area contributed by atoms with Gasteiger partial charge in [-0.1, -0.05) is 0 Å². The van der Waals surface area contributed by atoms with E-state index in [2.05, 4.69) is 11.9 Å². The minimum atomic E-state index is -0.359. The first-order valence-corrected chi connectivity index (χ1v) is 6.27. The maximum absolute atomic E-state index is 12.0. The largest absolute Gasteiger partial charge is 0.340 e. The number of carbonyl (C=O) groups excluding carboxylic acids is 1. The molecular formula is C13H25N3O. The average molecular weight is 239 g/mol. The maximum Gasteiger partial charge on any atom is 0.223 e. The van der Waals surface area contributed by atoms with Crippen LogP contribution in [0.2, 0.25) is 0 Å². The number of rotatable bonds is 4. The van der Waals surface area contributed by atoms with Crippen molar-refractivity contribution in [1.29, 1.82) is 0 Å². The molecule has 1 aliphatic heterocycles. The summed E-state index contributed by atoms with van der Waals surface area (Å²) in [5, 5.41) is 0. The number of piperazine rings is 1. The highest BCUT2D eigenvalue weighted by Gasteiger charge is 2.21. The van der Waals surface area contributed by atoms with Crippen molar-refractivity contribution in [2.24, 2.45) is 0 Å². The van der Waals surface area contributed by atoms with Crippen LogP contribution in [0.3, 0.4) is 0 Å². The van der Waals surface area contributed by atoms with Gasteiger partial charge < -0.3 is 14.7 Å². The topological polar surface area (TPSA) is 26.8 Å². The van der Waals surface area contributed by atoms with Crippen LogP contribution in [0, 0.1) is 6.92 Å². The Kier molecular flexibility index (Phi) is 4.95. The molecule has 4 nitrogen and oxygen atoms in total. The third-order valence-electron chi connectivity index (χ3n) is 3.50. The van der Waals surface area contributed by atoms with Gasteiger partial charge in [0.15, 0.2) is 0 Å². The van der Waals surface area contributed by atoms with E-state index in [1.165, 1.54) is 0 Å². The number of likely N-dealkylation sites (N-methyl/N-ethyl adjacent to an activating group) is 1. The van der Waals surface area contributed by atoms with Gasteiger partial charge in [0.1, 0.15) is 0 Å². The van der Waals surface area contributed by atoms with Crippen LogP contribution in [0.25, 0.3) is 0 Å². The molecule has 0 spiro atoms. The van der Waals surface area contributed by atoms with Crippen LogP contribution in [0.5, 0.6) is 0 Å². The lowest BCUT2D eigenvalue weighted by atomic mass is 10.1. The quantitative estimate of drug-likeness (QED) is 0.718. The van der Waals surface area contributed by atoms with Crippen LogP contribution < -0.4 is 0 Å². The maximum atomic E-state index is 12.0. The molecule has 17 heavy (non-hydrogen) atoms. The van der Waals surface area contributed by atoms with E-state index >= 15 is 0 Å². The van der Waals surface area contributed by atoms with E-state index in [1.807, 2.05) is 30.7 Å². The van der Waals surface area contributed by atoms with E-state index in [-0.39, 0.29) is 11.4 Å². The van der Waals surface area contributed by atoms with E-state index in [1.54, 1.807) is 0 Å². The van der Waals surface area contributed by atoms with Gasteiger partial charge in [0.2, 0.25) is 5.91 Å². The van der Waals surface area contributed by atoms with Gasteiger partial charge in [-0.2, -0.15) is 0 Å². The van der Waals surface area contributed by atoms with Crippen molar-refractivity contribution < 1.29 is 4.79 Å². The third kappa shape index (κ3) is 4.64. The Bertz CT molecular complexity index is 252. The first kappa shape index (κ1) is 14.5. The van der Waals surface area contributed by atoms with Crippen molar-refractivity contribution in [3.63, 3.8) is 0 Å². The molecule has 0 bridgehead atoms. The molecule has 1 aliphatic rings. The number of hydrogen-bond donors (Lipinski definition) is 0. The number of amides is 1. The highest BCUT2D eigenvalue weighted by molar-refractivity contribution is 5.76. The summed E-state index contributed by atoms with van der Waals surface area (Å²) < 4.78 is 0. The summed E-state index contributed by atoms with van der Waals surface area (Å²) in [6, 6.07) is 0. The molecule has 98 valence electrons. The first-order valence-electron chi connectivity index (χ1n) is 6.27. The van der Waals surface area contributed by atoms with Crippen molar-refractivity contribution in [3.8, 4) is 0 Å². The van der Waals surface area contributed by atoms with Crippen LogP contribution >= 0.6 is 0 Å². The Morgan fingerprint density at radius 2 is 1.82 bits per heavy atom. The van der Waals surface area contributed by atoms with Crippen molar-refractivity contribution in [1.82, 2.24) is 14.7 Å². The minimum Gasteiger partial charge on any atom is -0.340 e. The fraction of sp³-hybridized carbons (Fsp3) is 0.846. The lowest BCUT2D eigenvalue weighted by molar-refractivity contribution is -0.133. The van der Waals surface area contributed by atoms with Crippen LogP contribution in [0.15, 0.2) is 0 Å². The summed E-state index contributed by atoms with van der Waals surface area (Å²) in [4.78, 5) is 18.2. The fourth-order valence-electron chi connectivity index (χ4n) is 1.77. The molecule has 0 aromatic carbocycles. The second kappa shape index (κ2) is 5.83. The van der Waals surface area contributed by atoms with Gasteiger partial charge in [-0.3, -0.25) is 4.79 Å². The van der Waals surface area contributed by atoms with Gasteiger partial charge in [-0.15, -0.1) is 0 Å². The molecule has 2 radical (unpaired) electrons. The number of hydrogen-bond acceptors (Lipinski definition) is 3. The van der Waals surface area contributed by atoms with E-state index in [4.69, 9.17) is 6.92 Å². The second-order valence-corrected chi connectivity index (χ2v) is 5.51. The molecule has 1 heterocycles. The van der Waals surface area contributed by atoms with Gasteiger partial charge in [0.05, 0.1) is 0 Å². The molecule has 1 saturated heterocycles. The Balaban J connectivity index is 2.30. The van der Waals surface area contributed by atoms with Crippen LogP contribution in [-0.2, 0) is 4.79 Å². The van der Waals surface area contributed by atoms with Crippen molar-refractivity contribution >= 4 is 5.91 Å². The monoisotopic (exact) mass is 239 g/mol. The summed E-state index contributed by atoms with van der Waals surface area (Å²) in [5.74, 6) is 0.245. The van der Waals surface area contributed by atoms with Gasteiger partial charge in [0, 0.05) is 44.7 Å². The molecule has 1 rings (SSSR count). The lowest BCUT2D eigenvalue weighted by Crippen LogP contribution is -2.48.